The van der Waals surface area contributed by atoms with E-state index in [1.165, 1.54) is 0 Å². The Morgan fingerprint density at radius 1 is 1.38 bits per heavy atom. The summed E-state index contributed by atoms with van der Waals surface area (Å²) in [5.74, 6) is 0. The Balaban J connectivity index is 2.27. The van der Waals surface area contributed by atoms with Crippen molar-refractivity contribution in [2.24, 2.45) is 0 Å². The lowest BCUT2D eigenvalue weighted by atomic mass is 10.1. The van der Waals surface area contributed by atoms with Crippen LogP contribution in [0.2, 0.25) is 18.1 Å². The SMILES string of the molecule is CC(C)(C)[Si](C)(C)OCC[C@@H]1O[C@@]1(C)CO. The van der Waals surface area contributed by atoms with Crippen LogP contribution in [0.1, 0.15) is 34.1 Å². The fraction of sp³-hybridized carbons (Fsp3) is 1.00. The normalized spacial score (nSPS) is 30.6. The molecule has 1 rings (SSSR count). The number of ether oxygens (including phenoxy) is 1. The van der Waals surface area contributed by atoms with Gasteiger partial charge in [-0.25, -0.2) is 0 Å². The number of aliphatic hydroxyl groups excluding tert-OH is 1. The van der Waals surface area contributed by atoms with Crippen molar-refractivity contribution in [3.05, 3.63) is 0 Å². The molecule has 0 amide bonds. The minimum absolute atomic E-state index is 0.109. The van der Waals surface area contributed by atoms with Gasteiger partial charge in [0.1, 0.15) is 5.60 Å². The van der Waals surface area contributed by atoms with Crippen molar-refractivity contribution in [1.82, 2.24) is 0 Å². The number of hydrogen-bond acceptors (Lipinski definition) is 3. The van der Waals surface area contributed by atoms with Crippen LogP contribution >= 0.6 is 0 Å². The van der Waals surface area contributed by atoms with Crippen molar-refractivity contribution in [3.63, 3.8) is 0 Å². The fourth-order valence-corrected chi connectivity index (χ4v) is 2.49. The van der Waals surface area contributed by atoms with E-state index in [1.54, 1.807) is 0 Å². The van der Waals surface area contributed by atoms with E-state index < -0.39 is 8.32 Å². The van der Waals surface area contributed by atoms with Gasteiger partial charge in [-0.3, -0.25) is 0 Å². The second-order valence-electron chi connectivity index (χ2n) is 6.47. The molecule has 0 aliphatic carbocycles. The molecule has 16 heavy (non-hydrogen) atoms. The first-order valence-electron chi connectivity index (χ1n) is 6.05. The van der Waals surface area contributed by atoms with Gasteiger partial charge >= 0.3 is 0 Å². The van der Waals surface area contributed by atoms with Crippen LogP contribution in [0, 0.1) is 0 Å². The van der Waals surface area contributed by atoms with Crippen LogP contribution in [0.4, 0.5) is 0 Å². The molecule has 1 fully saturated rings. The van der Waals surface area contributed by atoms with Gasteiger partial charge in [-0.15, -0.1) is 0 Å². The summed E-state index contributed by atoms with van der Waals surface area (Å²) in [7, 11) is -1.62. The molecule has 0 saturated carbocycles. The number of rotatable bonds is 5. The molecule has 1 heterocycles. The molecule has 1 aliphatic rings. The molecule has 1 aliphatic heterocycles. The molecule has 3 nitrogen and oxygen atoms in total. The lowest BCUT2D eigenvalue weighted by Crippen LogP contribution is -2.41. The third kappa shape index (κ3) is 3.06. The Hall–Kier alpha value is 0.0969. The highest BCUT2D eigenvalue weighted by Crippen LogP contribution is 2.40. The Bertz CT molecular complexity index is 247. The van der Waals surface area contributed by atoms with E-state index in [-0.39, 0.29) is 23.4 Å². The minimum atomic E-state index is -1.62. The zero-order chi connectivity index (χ0) is 12.6. The molecule has 96 valence electrons. The Labute approximate surface area is 100 Å². The van der Waals surface area contributed by atoms with Gasteiger partial charge in [0.15, 0.2) is 8.32 Å². The van der Waals surface area contributed by atoms with Crippen LogP contribution < -0.4 is 0 Å². The summed E-state index contributed by atoms with van der Waals surface area (Å²) >= 11 is 0. The summed E-state index contributed by atoms with van der Waals surface area (Å²) in [6, 6.07) is 0. The fourth-order valence-electron chi connectivity index (χ4n) is 1.43. The van der Waals surface area contributed by atoms with Gasteiger partial charge in [0, 0.05) is 6.61 Å². The maximum atomic E-state index is 9.07. The van der Waals surface area contributed by atoms with Crippen LogP contribution in [0.5, 0.6) is 0 Å². The lowest BCUT2D eigenvalue weighted by Gasteiger charge is -2.36. The molecule has 1 N–H and O–H groups in total. The number of aliphatic hydroxyl groups is 1. The van der Waals surface area contributed by atoms with Crippen molar-refractivity contribution < 1.29 is 14.3 Å². The molecule has 0 aromatic heterocycles. The van der Waals surface area contributed by atoms with E-state index >= 15 is 0 Å². The zero-order valence-corrected chi connectivity index (χ0v) is 12.5. The first kappa shape index (κ1) is 14.2. The van der Waals surface area contributed by atoms with Crippen LogP contribution in [0.25, 0.3) is 0 Å². The predicted octanol–water partition coefficient (Wildman–Crippen LogP) is 2.55. The highest BCUT2D eigenvalue weighted by Gasteiger charge is 2.51. The Morgan fingerprint density at radius 3 is 2.31 bits per heavy atom. The molecule has 0 unspecified atom stereocenters. The molecule has 0 radical (unpaired) electrons. The molecule has 1 saturated heterocycles. The lowest BCUT2D eigenvalue weighted by molar-refractivity contribution is 0.184. The van der Waals surface area contributed by atoms with E-state index in [0.717, 1.165) is 13.0 Å². The van der Waals surface area contributed by atoms with Crippen molar-refractivity contribution >= 4 is 8.32 Å². The molecule has 0 aromatic rings. The van der Waals surface area contributed by atoms with Gasteiger partial charge in [-0.05, 0) is 31.5 Å². The van der Waals surface area contributed by atoms with E-state index in [1.807, 2.05) is 6.92 Å². The van der Waals surface area contributed by atoms with Crippen LogP contribution in [0.3, 0.4) is 0 Å². The van der Waals surface area contributed by atoms with Gasteiger partial charge in [0.25, 0.3) is 0 Å². The molecule has 4 heteroatoms. The quantitative estimate of drug-likeness (QED) is 0.599. The molecular formula is C12H26O3Si. The minimum Gasteiger partial charge on any atom is -0.417 e. The second kappa shape index (κ2) is 4.41. The predicted molar refractivity (Wildman–Crippen MR) is 68.1 cm³/mol. The highest BCUT2D eigenvalue weighted by molar-refractivity contribution is 6.74. The molecule has 0 aromatic carbocycles. The Kier molecular flexibility index (Phi) is 3.90. The van der Waals surface area contributed by atoms with Crippen molar-refractivity contribution in [3.8, 4) is 0 Å². The number of hydrogen-bond donors (Lipinski definition) is 1. The molecule has 0 spiro atoms. The second-order valence-corrected chi connectivity index (χ2v) is 11.3. The average Bonchev–Trinajstić information content (AvgIpc) is 2.76. The average molecular weight is 246 g/mol. The van der Waals surface area contributed by atoms with Crippen molar-refractivity contribution in [2.45, 2.75) is 64.0 Å². The molecule has 0 bridgehead atoms. The van der Waals surface area contributed by atoms with Crippen LogP contribution in [-0.4, -0.2) is 38.3 Å². The Morgan fingerprint density at radius 2 is 1.94 bits per heavy atom. The summed E-state index contributed by atoms with van der Waals surface area (Å²) in [6.45, 7) is 14.0. The summed E-state index contributed by atoms with van der Waals surface area (Å²) in [6.07, 6.45) is 1.08. The standard InChI is InChI=1S/C12H26O3Si/c1-11(2,3)16(5,6)14-8-7-10-12(4,9-13)15-10/h10,13H,7-9H2,1-6H3/t10-,12-/m0/s1. The summed E-state index contributed by atoms with van der Waals surface area (Å²) < 4.78 is 11.5. The van der Waals surface area contributed by atoms with Crippen molar-refractivity contribution in [1.29, 1.82) is 0 Å². The van der Waals surface area contributed by atoms with Crippen LogP contribution in [0.15, 0.2) is 0 Å². The largest absolute Gasteiger partial charge is 0.417 e. The highest BCUT2D eigenvalue weighted by atomic mass is 28.4. The summed E-state index contributed by atoms with van der Waals surface area (Å²) in [5, 5.41) is 9.33. The maximum Gasteiger partial charge on any atom is 0.191 e. The van der Waals surface area contributed by atoms with Gasteiger partial charge in [-0.2, -0.15) is 0 Å². The van der Waals surface area contributed by atoms with Crippen LogP contribution in [-0.2, 0) is 9.16 Å². The van der Waals surface area contributed by atoms with Gasteiger partial charge in [-0.1, -0.05) is 20.8 Å². The van der Waals surface area contributed by atoms with Gasteiger partial charge < -0.3 is 14.3 Å². The summed E-state index contributed by atoms with van der Waals surface area (Å²) in [5.41, 5.74) is -0.295. The third-order valence-electron chi connectivity index (χ3n) is 4.00. The third-order valence-corrected chi connectivity index (χ3v) is 8.54. The first-order chi connectivity index (χ1) is 7.12. The monoisotopic (exact) mass is 246 g/mol. The molecule has 2 atom stereocenters. The zero-order valence-electron chi connectivity index (χ0n) is 11.5. The van der Waals surface area contributed by atoms with E-state index in [4.69, 9.17) is 14.3 Å². The first-order valence-corrected chi connectivity index (χ1v) is 8.96. The van der Waals surface area contributed by atoms with E-state index in [0.29, 0.717) is 0 Å². The van der Waals surface area contributed by atoms with Gasteiger partial charge in [0.05, 0.1) is 12.7 Å². The van der Waals surface area contributed by atoms with E-state index in [2.05, 4.69) is 33.9 Å². The van der Waals surface area contributed by atoms with Gasteiger partial charge in [0.2, 0.25) is 0 Å². The summed E-state index contributed by atoms with van der Waals surface area (Å²) in [4.78, 5) is 0. The molecular weight excluding hydrogens is 220 g/mol. The van der Waals surface area contributed by atoms with Crippen molar-refractivity contribution in [2.75, 3.05) is 13.2 Å². The van der Waals surface area contributed by atoms with E-state index in [9.17, 15) is 0 Å². The smallest absolute Gasteiger partial charge is 0.191 e. The topological polar surface area (TPSA) is 42.0 Å². The maximum absolute atomic E-state index is 9.07. The number of epoxide rings is 1.